The van der Waals surface area contributed by atoms with Crippen LogP contribution in [0, 0.1) is 12.7 Å². The zero-order valence-corrected chi connectivity index (χ0v) is 20.0. The average Bonchev–Trinajstić information content (AvgIpc) is 3.25. The van der Waals surface area contributed by atoms with E-state index in [4.69, 9.17) is 9.84 Å². The predicted molar refractivity (Wildman–Crippen MR) is 132 cm³/mol. The van der Waals surface area contributed by atoms with Crippen molar-refractivity contribution in [3.63, 3.8) is 0 Å². The standard InChI is InChI=1S/C26H27FN6O2/c1-17-5-8-20(9-6-17)33-23(14-22(32-33)26(2,3)4)31-25(34)30-19-7-10-21(27)18(13-19)16-35-24-15-28-11-12-29-24/h5-15H,16H2,1-4H3,(H2,30,31,34). The molecule has 2 heterocycles. The van der Waals surface area contributed by atoms with Gasteiger partial charge in [-0.05, 0) is 37.3 Å². The smallest absolute Gasteiger partial charge is 0.324 e. The van der Waals surface area contributed by atoms with Gasteiger partial charge in [0.15, 0.2) is 0 Å². The quantitative estimate of drug-likeness (QED) is 0.378. The summed E-state index contributed by atoms with van der Waals surface area (Å²) in [5, 5.41) is 10.3. The zero-order valence-electron chi connectivity index (χ0n) is 20.0. The third-order valence-electron chi connectivity index (χ3n) is 5.22. The minimum absolute atomic E-state index is 0.0587. The van der Waals surface area contributed by atoms with Gasteiger partial charge in [-0.25, -0.2) is 18.9 Å². The second kappa shape index (κ2) is 9.92. The Balaban J connectivity index is 1.51. The highest BCUT2D eigenvalue weighted by Crippen LogP contribution is 2.27. The highest BCUT2D eigenvalue weighted by Gasteiger charge is 2.21. The number of nitrogens with one attached hydrogen (secondary N) is 2. The minimum atomic E-state index is -0.480. The van der Waals surface area contributed by atoms with Crippen LogP contribution in [0.3, 0.4) is 0 Å². The van der Waals surface area contributed by atoms with Crippen molar-refractivity contribution in [2.75, 3.05) is 10.6 Å². The van der Waals surface area contributed by atoms with Gasteiger partial charge in [-0.3, -0.25) is 10.3 Å². The number of urea groups is 1. The van der Waals surface area contributed by atoms with Crippen LogP contribution in [0.1, 0.15) is 37.6 Å². The molecule has 0 spiro atoms. The number of halogens is 1. The molecule has 0 aliphatic rings. The van der Waals surface area contributed by atoms with E-state index in [9.17, 15) is 9.18 Å². The molecule has 0 atom stereocenters. The molecule has 4 aromatic rings. The minimum Gasteiger partial charge on any atom is -0.472 e. The highest BCUT2D eigenvalue weighted by atomic mass is 19.1. The van der Waals surface area contributed by atoms with Gasteiger partial charge in [0.1, 0.15) is 18.2 Å². The number of hydrogen-bond donors (Lipinski definition) is 2. The van der Waals surface area contributed by atoms with Crippen LogP contribution in [0.4, 0.5) is 20.7 Å². The molecule has 2 aromatic heterocycles. The van der Waals surface area contributed by atoms with Crippen LogP contribution < -0.4 is 15.4 Å². The Hall–Kier alpha value is -4.27. The normalized spacial score (nSPS) is 11.2. The molecule has 4 rings (SSSR count). The Bertz CT molecular complexity index is 1310. The maximum atomic E-state index is 14.3. The number of carbonyl (C=O) groups is 1. The monoisotopic (exact) mass is 474 g/mol. The van der Waals surface area contributed by atoms with Gasteiger partial charge < -0.3 is 10.1 Å². The predicted octanol–water partition coefficient (Wildman–Crippen LogP) is 5.63. The van der Waals surface area contributed by atoms with Gasteiger partial charge in [-0.2, -0.15) is 5.10 Å². The lowest BCUT2D eigenvalue weighted by Crippen LogP contribution is -2.21. The number of nitrogens with zero attached hydrogens (tertiary/aromatic N) is 4. The van der Waals surface area contributed by atoms with Crippen molar-refractivity contribution in [2.45, 2.75) is 39.7 Å². The molecule has 0 unspecified atom stereocenters. The molecule has 0 bridgehead atoms. The Labute approximate surface area is 203 Å². The second-order valence-electron chi connectivity index (χ2n) is 9.13. The molecular weight excluding hydrogens is 447 g/mol. The summed E-state index contributed by atoms with van der Waals surface area (Å²) in [7, 11) is 0. The molecule has 2 N–H and O–H groups in total. The topological polar surface area (TPSA) is 94.0 Å². The van der Waals surface area contributed by atoms with Gasteiger partial charge in [-0.1, -0.05) is 38.5 Å². The van der Waals surface area contributed by atoms with Gasteiger partial charge in [0.2, 0.25) is 5.88 Å². The maximum absolute atomic E-state index is 14.3. The second-order valence-corrected chi connectivity index (χ2v) is 9.13. The van der Waals surface area contributed by atoms with E-state index in [1.807, 2.05) is 37.3 Å². The first-order valence-corrected chi connectivity index (χ1v) is 11.1. The van der Waals surface area contributed by atoms with E-state index < -0.39 is 11.8 Å². The highest BCUT2D eigenvalue weighted by molar-refractivity contribution is 5.99. The van der Waals surface area contributed by atoms with Crippen LogP contribution >= 0.6 is 0 Å². The molecule has 2 amide bonds. The first-order chi connectivity index (χ1) is 16.7. The molecule has 0 fully saturated rings. The van der Waals surface area contributed by atoms with Crippen molar-refractivity contribution in [3.05, 3.63) is 89.8 Å². The lowest BCUT2D eigenvalue weighted by atomic mass is 9.92. The van der Waals surface area contributed by atoms with Gasteiger partial charge >= 0.3 is 6.03 Å². The fourth-order valence-corrected chi connectivity index (χ4v) is 3.27. The molecule has 8 nitrogen and oxygen atoms in total. The summed E-state index contributed by atoms with van der Waals surface area (Å²) in [4.78, 5) is 20.8. The van der Waals surface area contributed by atoms with E-state index in [1.54, 1.807) is 4.68 Å². The number of anilines is 2. The van der Waals surface area contributed by atoms with Crippen molar-refractivity contribution in [1.82, 2.24) is 19.7 Å². The zero-order chi connectivity index (χ0) is 25.0. The summed E-state index contributed by atoms with van der Waals surface area (Å²) in [6.45, 7) is 8.12. The summed E-state index contributed by atoms with van der Waals surface area (Å²) in [6, 6.07) is 13.5. The average molecular weight is 475 g/mol. The Morgan fingerprint density at radius 1 is 1.06 bits per heavy atom. The van der Waals surface area contributed by atoms with E-state index in [0.29, 0.717) is 11.5 Å². The lowest BCUT2D eigenvalue weighted by Gasteiger charge is -2.14. The number of aryl methyl sites for hydroxylation is 1. The van der Waals surface area contributed by atoms with Gasteiger partial charge in [0.25, 0.3) is 0 Å². The number of aromatic nitrogens is 4. The van der Waals surface area contributed by atoms with E-state index in [0.717, 1.165) is 16.9 Å². The van der Waals surface area contributed by atoms with Crippen molar-refractivity contribution in [1.29, 1.82) is 0 Å². The molecule has 0 saturated heterocycles. The SMILES string of the molecule is Cc1ccc(-n2nc(C(C)(C)C)cc2NC(=O)Nc2ccc(F)c(COc3cnccn3)c2)cc1. The first-order valence-electron chi connectivity index (χ1n) is 11.1. The van der Waals surface area contributed by atoms with Crippen molar-refractivity contribution < 1.29 is 13.9 Å². The van der Waals surface area contributed by atoms with Crippen molar-refractivity contribution in [3.8, 4) is 11.6 Å². The summed E-state index contributed by atoms with van der Waals surface area (Å²) in [6.07, 6.45) is 4.45. The first kappa shape index (κ1) is 23.9. The maximum Gasteiger partial charge on any atom is 0.324 e. The molecule has 0 saturated carbocycles. The molecular formula is C26H27FN6O2. The van der Waals surface area contributed by atoms with Crippen LogP contribution in [0.5, 0.6) is 5.88 Å². The van der Waals surface area contributed by atoms with E-state index in [2.05, 4.69) is 41.4 Å². The molecule has 9 heteroatoms. The number of hydrogen-bond acceptors (Lipinski definition) is 5. The van der Waals surface area contributed by atoms with E-state index in [-0.39, 0.29) is 23.5 Å². The van der Waals surface area contributed by atoms with Crippen molar-refractivity contribution in [2.24, 2.45) is 0 Å². The van der Waals surface area contributed by atoms with Crippen LogP contribution in [0.25, 0.3) is 5.69 Å². The third kappa shape index (κ3) is 6.00. The number of benzene rings is 2. The van der Waals surface area contributed by atoms with Crippen molar-refractivity contribution >= 4 is 17.5 Å². The molecule has 0 aliphatic carbocycles. The van der Waals surface area contributed by atoms with E-state index >= 15 is 0 Å². The number of rotatable bonds is 6. The van der Waals surface area contributed by atoms with Crippen LogP contribution in [-0.2, 0) is 12.0 Å². The number of carbonyl (C=O) groups excluding carboxylic acids is 1. The largest absolute Gasteiger partial charge is 0.472 e. The Morgan fingerprint density at radius 2 is 1.83 bits per heavy atom. The molecule has 35 heavy (non-hydrogen) atoms. The van der Waals surface area contributed by atoms with Crippen LogP contribution in [0.2, 0.25) is 0 Å². The Morgan fingerprint density at radius 3 is 2.51 bits per heavy atom. The third-order valence-corrected chi connectivity index (χ3v) is 5.22. The molecule has 0 aliphatic heterocycles. The van der Waals surface area contributed by atoms with E-state index in [1.165, 1.54) is 36.8 Å². The Kier molecular flexibility index (Phi) is 6.77. The van der Waals surface area contributed by atoms with Gasteiger partial charge in [0, 0.05) is 35.1 Å². The lowest BCUT2D eigenvalue weighted by molar-refractivity contribution is 0.262. The van der Waals surface area contributed by atoms with Gasteiger partial charge in [0.05, 0.1) is 17.6 Å². The van der Waals surface area contributed by atoms with Gasteiger partial charge in [-0.15, -0.1) is 0 Å². The number of ether oxygens (including phenoxy) is 1. The fourth-order valence-electron chi connectivity index (χ4n) is 3.27. The summed E-state index contributed by atoms with van der Waals surface area (Å²) in [5.74, 6) is 0.346. The summed E-state index contributed by atoms with van der Waals surface area (Å²) >= 11 is 0. The number of amides is 2. The molecule has 2 aromatic carbocycles. The summed E-state index contributed by atoms with van der Waals surface area (Å²) < 4.78 is 21.5. The fraction of sp³-hybridized carbons (Fsp3) is 0.231. The molecule has 0 radical (unpaired) electrons. The summed E-state index contributed by atoms with van der Waals surface area (Å²) in [5.41, 5.74) is 3.26. The molecule has 180 valence electrons. The van der Waals surface area contributed by atoms with Crippen LogP contribution in [-0.4, -0.2) is 25.8 Å². The van der Waals surface area contributed by atoms with Crippen LogP contribution in [0.15, 0.2) is 67.1 Å².